The topological polar surface area (TPSA) is 102 Å². The molecule has 1 rings (SSSR count). The highest BCUT2D eigenvalue weighted by Gasteiger charge is 2.27. The molecule has 1 amide bonds. The number of Topliss-reactive ketones (excluding diaryl/α,β-unsaturated/α-hetero) is 1. The summed E-state index contributed by atoms with van der Waals surface area (Å²) in [6.07, 6.45) is 0.615. The molecule has 2 atom stereocenters. The Kier molecular flexibility index (Phi) is 9.07. The van der Waals surface area contributed by atoms with Crippen LogP contribution in [-0.4, -0.2) is 43.2 Å². The van der Waals surface area contributed by atoms with Crippen LogP contribution in [0.5, 0.6) is 5.75 Å². The second-order valence-corrected chi connectivity index (χ2v) is 12.2. The zero-order chi connectivity index (χ0) is 24.2. The van der Waals surface area contributed by atoms with Crippen LogP contribution in [0.2, 0.25) is 0 Å². The number of aryl methyl sites for hydroxylation is 1. The van der Waals surface area contributed by atoms with Crippen molar-refractivity contribution in [2.24, 2.45) is 0 Å². The Bertz CT molecular complexity index is 816. The number of ketones is 1. The van der Waals surface area contributed by atoms with Crippen molar-refractivity contribution in [3.8, 4) is 5.75 Å². The van der Waals surface area contributed by atoms with Gasteiger partial charge in [-0.1, -0.05) is 53.7 Å². The van der Waals surface area contributed by atoms with E-state index >= 15 is 0 Å². The molecule has 2 N–H and O–H groups in total. The minimum Gasteiger partial charge on any atom is -0.507 e. The van der Waals surface area contributed by atoms with Crippen molar-refractivity contribution in [2.45, 2.75) is 78.2 Å². The lowest BCUT2D eigenvalue weighted by Crippen LogP contribution is -2.43. The molecule has 0 aliphatic rings. The van der Waals surface area contributed by atoms with E-state index in [1.165, 1.54) is 20.7 Å². The van der Waals surface area contributed by atoms with Crippen LogP contribution in [0.1, 0.15) is 71.6 Å². The van der Waals surface area contributed by atoms with Gasteiger partial charge in [0.05, 0.1) is 6.61 Å². The van der Waals surface area contributed by atoms with Crippen molar-refractivity contribution in [1.82, 2.24) is 5.32 Å². The molecular weight excluding hydrogens is 417 g/mol. The van der Waals surface area contributed by atoms with Gasteiger partial charge in [-0.15, -0.1) is 0 Å². The number of amides is 1. The van der Waals surface area contributed by atoms with Gasteiger partial charge in [-0.2, -0.15) is 0 Å². The monoisotopic (exact) mass is 455 g/mol. The van der Waals surface area contributed by atoms with E-state index in [1.807, 2.05) is 53.7 Å². The quantitative estimate of drug-likeness (QED) is 0.533. The Morgan fingerprint density at radius 2 is 1.58 bits per heavy atom. The highest BCUT2D eigenvalue weighted by Crippen LogP contribution is 2.42. The summed E-state index contributed by atoms with van der Waals surface area (Å²) in [5.41, 5.74) is 2.10. The first kappa shape index (κ1) is 27.3. The van der Waals surface area contributed by atoms with Gasteiger partial charge in [0.2, 0.25) is 5.91 Å². The second-order valence-electron chi connectivity index (χ2n) is 10.0. The Hall–Kier alpha value is -1.69. The number of hydrogen-bond acceptors (Lipinski definition) is 6. The third-order valence-electron chi connectivity index (χ3n) is 5.06. The predicted octanol–water partition coefficient (Wildman–Crippen LogP) is 4.48. The van der Waals surface area contributed by atoms with Crippen LogP contribution in [0, 0.1) is 0 Å². The fourth-order valence-corrected chi connectivity index (χ4v) is 3.55. The Morgan fingerprint density at radius 1 is 1.10 bits per heavy atom. The smallest absolute Gasteiger partial charge is 0.327 e. The fourth-order valence-electron chi connectivity index (χ4n) is 3.03. The number of carbonyl (C=O) groups is 2. The van der Waals surface area contributed by atoms with E-state index in [0.29, 0.717) is 12.2 Å². The zero-order valence-corrected chi connectivity index (χ0v) is 21.2. The van der Waals surface area contributed by atoms with Gasteiger partial charge in [-0.05, 0) is 40.9 Å². The SMILES string of the molecule is COP(C)(=O)OCC(NC(=O)CCc1cc(C(C)(C)C)c(O)c(C(C)(C)C)c1)C(C)=O. The first-order valence-electron chi connectivity index (χ1n) is 10.4. The first-order chi connectivity index (χ1) is 14.0. The molecule has 0 aliphatic heterocycles. The van der Waals surface area contributed by atoms with E-state index in [4.69, 9.17) is 9.05 Å². The Morgan fingerprint density at radius 3 is 1.97 bits per heavy atom. The number of rotatable bonds is 9. The average molecular weight is 456 g/mol. The van der Waals surface area contributed by atoms with Crippen LogP contribution in [0.15, 0.2) is 12.1 Å². The van der Waals surface area contributed by atoms with Crippen molar-refractivity contribution >= 4 is 19.3 Å². The molecule has 1 aromatic carbocycles. The predicted molar refractivity (Wildman–Crippen MR) is 123 cm³/mol. The zero-order valence-electron chi connectivity index (χ0n) is 20.3. The van der Waals surface area contributed by atoms with Gasteiger partial charge in [0.25, 0.3) is 0 Å². The van der Waals surface area contributed by atoms with Crippen LogP contribution in [-0.2, 0) is 40.5 Å². The number of phenols is 1. The maximum atomic E-state index is 12.5. The molecule has 2 unspecified atom stereocenters. The largest absolute Gasteiger partial charge is 0.507 e. The molecule has 8 heteroatoms. The summed E-state index contributed by atoms with van der Waals surface area (Å²) in [6, 6.07) is 2.98. The molecule has 7 nitrogen and oxygen atoms in total. The summed E-state index contributed by atoms with van der Waals surface area (Å²) >= 11 is 0. The molecule has 0 aromatic heterocycles. The minimum absolute atomic E-state index is 0.162. The van der Waals surface area contributed by atoms with Crippen molar-refractivity contribution in [3.63, 3.8) is 0 Å². The molecule has 0 saturated heterocycles. The number of benzene rings is 1. The van der Waals surface area contributed by atoms with Crippen LogP contribution in [0.3, 0.4) is 0 Å². The average Bonchev–Trinajstić information content (AvgIpc) is 2.62. The summed E-state index contributed by atoms with van der Waals surface area (Å²) in [7, 11) is -1.99. The number of carbonyl (C=O) groups excluding carboxylic acids is 2. The van der Waals surface area contributed by atoms with Gasteiger partial charge in [0.1, 0.15) is 11.8 Å². The third kappa shape index (κ3) is 8.40. The molecule has 0 aliphatic carbocycles. The molecule has 0 radical (unpaired) electrons. The van der Waals surface area contributed by atoms with Gasteiger partial charge in [-0.3, -0.25) is 14.2 Å². The Balaban J connectivity index is 2.97. The highest BCUT2D eigenvalue weighted by atomic mass is 31.2. The van der Waals surface area contributed by atoms with Gasteiger partial charge in [-0.25, -0.2) is 0 Å². The van der Waals surface area contributed by atoms with Crippen LogP contribution < -0.4 is 5.32 Å². The molecule has 0 fully saturated rings. The molecule has 0 bridgehead atoms. The van der Waals surface area contributed by atoms with Crippen molar-refractivity contribution < 1.29 is 28.3 Å². The number of hydrogen-bond donors (Lipinski definition) is 2. The van der Waals surface area contributed by atoms with E-state index in [2.05, 4.69) is 5.32 Å². The summed E-state index contributed by atoms with van der Waals surface area (Å²) in [4.78, 5) is 24.3. The molecule has 0 spiro atoms. The van der Waals surface area contributed by atoms with Crippen molar-refractivity contribution in [1.29, 1.82) is 0 Å². The molecule has 176 valence electrons. The normalized spacial score (nSPS) is 15.3. The molecule has 0 saturated carbocycles. The molecule has 1 aromatic rings. The molecule has 31 heavy (non-hydrogen) atoms. The van der Waals surface area contributed by atoms with Crippen LogP contribution in [0.4, 0.5) is 0 Å². The number of aromatic hydroxyl groups is 1. The first-order valence-corrected chi connectivity index (χ1v) is 12.4. The minimum atomic E-state index is -3.25. The lowest BCUT2D eigenvalue weighted by molar-refractivity contribution is -0.127. The van der Waals surface area contributed by atoms with E-state index in [0.717, 1.165) is 16.7 Å². The van der Waals surface area contributed by atoms with Gasteiger partial charge < -0.3 is 19.5 Å². The summed E-state index contributed by atoms with van der Waals surface area (Å²) in [6.45, 7) is 14.6. The maximum Gasteiger partial charge on any atom is 0.327 e. The van der Waals surface area contributed by atoms with Gasteiger partial charge in [0.15, 0.2) is 5.78 Å². The lowest BCUT2D eigenvalue weighted by Gasteiger charge is -2.28. The van der Waals surface area contributed by atoms with E-state index < -0.39 is 13.6 Å². The van der Waals surface area contributed by atoms with Crippen molar-refractivity contribution in [3.05, 3.63) is 28.8 Å². The Labute approximate surface area is 186 Å². The fraction of sp³-hybridized carbons (Fsp3) is 0.652. The van der Waals surface area contributed by atoms with E-state index in [1.54, 1.807) is 0 Å². The third-order valence-corrected chi connectivity index (χ3v) is 6.34. The maximum absolute atomic E-state index is 12.5. The number of phenolic OH excluding ortho intramolecular Hbond substituents is 1. The van der Waals surface area contributed by atoms with Crippen LogP contribution >= 0.6 is 7.60 Å². The van der Waals surface area contributed by atoms with Crippen molar-refractivity contribution in [2.75, 3.05) is 20.4 Å². The standard InChI is InChI=1S/C23H38NO6P/c1-15(25)19(14-30-31(9,28)29-8)24-20(26)11-10-16-12-17(22(2,3)4)21(27)18(13-16)23(5,6)7/h12-13,19,27H,10-11,14H2,1-9H3,(H,24,26). The molecular formula is C23H38NO6P. The van der Waals surface area contributed by atoms with Gasteiger partial charge in [0, 0.05) is 20.2 Å². The second kappa shape index (κ2) is 10.3. The summed E-state index contributed by atoms with van der Waals surface area (Å²) in [5, 5.41) is 13.5. The lowest BCUT2D eigenvalue weighted by atomic mass is 9.78. The van der Waals surface area contributed by atoms with E-state index in [-0.39, 0.29) is 35.5 Å². The van der Waals surface area contributed by atoms with E-state index in [9.17, 15) is 19.3 Å². The van der Waals surface area contributed by atoms with Gasteiger partial charge >= 0.3 is 7.60 Å². The number of nitrogens with one attached hydrogen (secondary N) is 1. The summed E-state index contributed by atoms with van der Waals surface area (Å²) < 4.78 is 21.8. The molecule has 0 heterocycles. The van der Waals surface area contributed by atoms with Crippen LogP contribution in [0.25, 0.3) is 0 Å². The highest BCUT2D eigenvalue weighted by molar-refractivity contribution is 7.52. The summed E-state index contributed by atoms with van der Waals surface area (Å²) in [5.74, 6) is -0.307.